The Labute approximate surface area is 377 Å². The van der Waals surface area contributed by atoms with Crippen molar-refractivity contribution in [2.45, 2.75) is 191 Å². The van der Waals surface area contributed by atoms with E-state index < -0.39 is 77.7 Å². The van der Waals surface area contributed by atoms with Crippen LogP contribution >= 0.6 is 0 Å². The Bertz CT molecular complexity index is 1540. The number of carboxylic acids is 2. The van der Waals surface area contributed by atoms with Gasteiger partial charge in [0.25, 0.3) is 0 Å². The lowest BCUT2D eigenvalue weighted by molar-refractivity contribution is -0.143. The summed E-state index contributed by atoms with van der Waals surface area (Å²) >= 11 is 0. The predicted molar refractivity (Wildman–Crippen MR) is 240 cm³/mol. The topological polar surface area (TPSA) is 338 Å². The zero-order chi connectivity index (χ0) is 47.7. The highest BCUT2D eigenvalue weighted by Gasteiger charge is 2.27. The molecule has 64 heavy (non-hydrogen) atoms. The van der Waals surface area contributed by atoms with E-state index in [1.807, 2.05) is 0 Å². The summed E-state index contributed by atoms with van der Waals surface area (Å²) in [5.41, 5.74) is 12.0. The lowest BCUT2D eigenvalue weighted by Crippen LogP contribution is -2.53. The minimum Gasteiger partial charge on any atom is -0.480 e. The Balaban J connectivity index is 2.46. The molecule has 0 aromatic carbocycles. The van der Waals surface area contributed by atoms with E-state index in [2.05, 4.69) is 43.5 Å². The number of Topliss-reactive ketones (excluding diaryl/α,β-unsaturated/α-hetero) is 2. The number of aromatic amines is 1. The standard InChI is InChI=1S/C44H77N9O11/c1-3-4-5-6-7-8-9-10-11-12-13-14-15-19-39(58)52-35(44(63)64)21-23-40(59)53-34(43(61)62)20-22-38(57)48-24-17-16-18-33(37(56)28-50-41(30(2)54)42(46)60)49-27-36(55)32(45)25-31-26-47-29-51-31/h26,29-30,32-35,41,49-50,54H,3-25,27-28,45H2,1-2H3,(H2,46,60)(H,47,51)(H,48,57)(H,52,58)(H,53,59)(H,61,62)(H,63,64)/t30-,32+,33+,34+,35+,41?/m1/s1. The molecule has 6 atom stereocenters. The molecule has 20 nitrogen and oxygen atoms in total. The van der Waals surface area contributed by atoms with Crippen LogP contribution in [-0.2, 0) is 44.8 Å². The molecule has 1 aromatic rings. The second kappa shape index (κ2) is 34.6. The molecular formula is C44H77N9O11. The van der Waals surface area contributed by atoms with Crippen molar-refractivity contribution in [3.05, 3.63) is 18.2 Å². The third-order valence-electron chi connectivity index (χ3n) is 10.9. The monoisotopic (exact) mass is 908 g/mol. The van der Waals surface area contributed by atoms with Crippen LogP contribution in [0.5, 0.6) is 0 Å². The van der Waals surface area contributed by atoms with Crippen molar-refractivity contribution in [3.8, 4) is 0 Å². The molecular weight excluding hydrogens is 831 g/mol. The van der Waals surface area contributed by atoms with Gasteiger partial charge < -0.3 is 53.0 Å². The molecule has 0 aliphatic rings. The quantitative estimate of drug-likeness (QED) is 0.0417. The molecule has 0 saturated heterocycles. The Kier molecular flexibility index (Phi) is 30.9. The summed E-state index contributed by atoms with van der Waals surface area (Å²) in [6, 6.07) is -5.64. The predicted octanol–water partition coefficient (Wildman–Crippen LogP) is 1.67. The zero-order valence-electron chi connectivity index (χ0n) is 38.0. The molecule has 0 saturated carbocycles. The number of aliphatic hydroxyl groups is 1. The van der Waals surface area contributed by atoms with Gasteiger partial charge in [-0.15, -0.1) is 0 Å². The molecule has 0 radical (unpaired) electrons. The first-order valence-electron chi connectivity index (χ1n) is 23.1. The van der Waals surface area contributed by atoms with Crippen molar-refractivity contribution in [2.24, 2.45) is 11.5 Å². The molecule has 0 aliphatic carbocycles. The fraction of sp³-hybridized carbons (Fsp3) is 0.750. The summed E-state index contributed by atoms with van der Waals surface area (Å²) in [5.74, 6) is -5.95. The molecule has 20 heteroatoms. The minimum atomic E-state index is -1.42. The lowest BCUT2D eigenvalue weighted by Gasteiger charge is -2.22. The van der Waals surface area contributed by atoms with E-state index >= 15 is 0 Å². The number of nitrogens with zero attached hydrogens (tertiary/aromatic N) is 1. The second-order valence-corrected chi connectivity index (χ2v) is 16.6. The first-order valence-corrected chi connectivity index (χ1v) is 23.1. The number of carbonyl (C=O) groups excluding carboxylic acids is 6. The summed E-state index contributed by atoms with van der Waals surface area (Å²) in [6.45, 7) is 3.17. The first-order chi connectivity index (χ1) is 30.5. The molecule has 1 heterocycles. The molecule has 1 unspecified atom stereocenters. The summed E-state index contributed by atoms with van der Waals surface area (Å²) in [4.78, 5) is 106. The van der Waals surface area contributed by atoms with Gasteiger partial charge in [-0.05, 0) is 45.4 Å². The summed E-state index contributed by atoms with van der Waals surface area (Å²) < 4.78 is 0. The summed E-state index contributed by atoms with van der Waals surface area (Å²) in [5, 5.41) is 42.1. The maximum Gasteiger partial charge on any atom is 0.326 e. The SMILES string of the molecule is CCCCCCCCCCCCCCCC(=O)N[C@@H](CCC(=O)N[C@@H](CCC(=O)NCCCC[C@H](NCC(=O)[C@@H](N)Cc1cnc[nH]1)C(=O)CNC(C(N)=O)[C@@H](C)O)C(=O)O)C(=O)O. The number of rotatable bonds is 41. The molecule has 0 bridgehead atoms. The maximum absolute atomic E-state index is 13.1. The van der Waals surface area contributed by atoms with Crippen molar-refractivity contribution in [3.63, 3.8) is 0 Å². The normalized spacial score (nSPS) is 14.1. The van der Waals surface area contributed by atoms with Crippen molar-refractivity contribution < 1.29 is 53.7 Å². The molecule has 364 valence electrons. The smallest absolute Gasteiger partial charge is 0.326 e. The number of primary amides is 1. The highest BCUT2D eigenvalue weighted by atomic mass is 16.4. The average molecular weight is 908 g/mol. The van der Waals surface area contributed by atoms with Crippen LogP contribution in [0.25, 0.3) is 0 Å². The number of H-pyrrole nitrogens is 1. The number of nitrogens with two attached hydrogens (primary N) is 2. The molecule has 4 amide bonds. The maximum atomic E-state index is 13.1. The lowest BCUT2D eigenvalue weighted by atomic mass is 10.0. The number of carbonyl (C=O) groups is 8. The zero-order valence-corrected chi connectivity index (χ0v) is 38.0. The number of carboxylic acid groups (broad SMARTS) is 2. The number of unbranched alkanes of at least 4 members (excludes halogenated alkanes) is 13. The van der Waals surface area contributed by atoms with Gasteiger partial charge in [-0.2, -0.15) is 0 Å². The van der Waals surface area contributed by atoms with E-state index in [1.165, 1.54) is 71.0 Å². The number of nitrogens with one attached hydrogen (secondary N) is 6. The average Bonchev–Trinajstić information content (AvgIpc) is 3.76. The van der Waals surface area contributed by atoms with Crippen molar-refractivity contribution in [2.75, 3.05) is 19.6 Å². The van der Waals surface area contributed by atoms with Crippen molar-refractivity contribution in [1.82, 2.24) is 36.6 Å². The number of imidazole rings is 1. The highest BCUT2D eigenvalue weighted by molar-refractivity contribution is 5.90. The minimum absolute atomic E-state index is 0.170. The van der Waals surface area contributed by atoms with E-state index in [0.29, 0.717) is 25.0 Å². The Morgan fingerprint density at radius 2 is 1.17 bits per heavy atom. The van der Waals surface area contributed by atoms with Gasteiger partial charge in [0.15, 0.2) is 11.6 Å². The van der Waals surface area contributed by atoms with Gasteiger partial charge in [0, 0.05) is 44.1 Å². The van der Waals surface area contributed by atoms with Crippen LogP contribution in [0.2, 0.25) is 0 Å². The van der Waals surface area contributed by atoms with Crippen LogP contribution < -0.4 is 38.1 Å². The number of aliphatic hydroxyl groups excluding tert-OH is 1. The number of hydrogen-bond acceptors (Lipinski definition) is 13. The molecule has 0 fully saturated rings. The number of aliphatic carboxylic acids is 2. The summed E-state index contributed by atoms with van der Waals surface area (Å²) in [7, 11) is 0. The van der Waals surface area contributed by atoms with Gasteiger partial charge in [0.2, 0.25) is 23.6 Å². The van der Waals surface area contributed by atoms with E-state index in [1.54, 1.807) is 6.20 Å². The fourth-order valence-corrected chi connectivity index (χ4v) is 7.01. The third kappa shape index (κ3) is 27.4. The van der Waals surface area contributed by atoms with Gasteiger partial charge in [-0.3, -0.25) is 34.1 Å². The largest absolute Gasteiger partial charge is 0.480 e. The van der Waals surface area contributed by atoms with E-state index in [0.717, 1.165) is 19.3 Å². The molecule has 1 aromatic heterocycles. The van der Waals surface area contributed by atoms with Gasteiger partial charge in [-0.1, -0.05) is 84.0 Å². The molecule has 0 aliphatic heterocycles. The number of aromatic nitrogens is 2. The summed E-state index contributed by atoms with van der Waals surface area (Å²) in [6.07, 6.45) is 17.2. The Morgan fingerprint density at radius 1 is 0.656 bits per heavy atom. The van der Waals surface area contributed by atoms with Gasteiger partial charge >= 0.3 is 11.9 Å². The molecule has 1 rings (SSSR count). The number of hydrogen-bond donors (Lipinski definition) is 11. The Hall–Kier alpha value is -4.79. The van der Waals surface area contributed by atoms with Crippen molar-refractivity contribution in [1.29, 1.82) is 0 Å². The van der Waals surface area contributed by atoms with Crippen LogP contribution in [0.1, 0.15) is 154 Å². The van der Waals surface area contributed by atoms with Crippen LogP contribution in [0.4, 0.5) is 0 Å². The van der Waals surface area contributed by atoms with Crippen molar-refractivity contribution >= 4 is 47.1 Å². The molecule has 0 spiro atoms. The van der Waals surface area contributed by atoms with E-state index in [-0.39, 0.29) is 70.4 Å². The number of amides is 4. The van der Waals surface area contributed by atoms with Crippen LogP contribution in [0, 0.1) is 0 Å². The Morgan fingerprint density at radius 3 is 1.67 bits per heavy atom. The van der Waals surface area contributed by atoms with Crippen LogP contribution in [0.15, 0.2) is 12.5 Å². The van der Waals surface area contributed by atoms with Gasteiger partial charge in [-0.25, -0.2) is 14.6 Å². The second-order valence-electron chi connectivity index (χ2n) is 16.6. The first kappa shape index (κ1) is 57.2. The van der Waals surface area contributed by atoms with E-state index in [9.17, 15) is 53.7 Å². The fourth-order valence-electron chi connectivity index (χ4n) is 7.01. The van der Waals surface area contributed by atoms with Crippen LogP contribution in [0.3, 0.4) is 0 Å². The number of ketones is 2. The highest BCUT2D eigenvalue weighted by Crippen LogP contribution is 2.13. The van der Waals surface area contributed by atoms with Gasteiger partial charge in [0.1, 0.15) is 18.1 Å². The molecule has 13 N–H and O–H groups in total. The van der Waals surface area contributed by atoms with Gasteiger partial charge in [0.05, 0.1) is 37.6 Å². The third-order valence-corrected chi connectivity index (χ3v) is 10.9. The van der Waals surface area contributed by atoms with E-state index in [4.69, 9.17) is 11.5 Å². The van der Waals surface area contributed by atoms with Crippen LogP contribution in [-0.4, -0.2) is 128 Å².